The van der Waals surface area contributed by atoms with Crippen LogP contribution in [0.3, 0.4) is 0 Å². The third kappa shape index (κ3) is 2.50. The highest BCUT2D eigenvalue weighted by Gasteiger charge is 2.39. The van der Waals surface area contributed by atoms with Crippen LogP contribution in [0.2, 0.25) is 0 Å². The van der Waals surface area contributed by atoms with Gasteiger partial charge in [-0.05, 0) is 50.3 Å². The van der Waals surface area contributed by atoms with Crippen LogP contribution in [0.5, 0.6) is 0 Å². The maximum atomic E-state index is 10.9. The average Bonchev–Trinajstić information content (AvgIpc) is 3.01. The molecule has 4 atom stereocenters. The van der Waals surface area contributed by atoms with Gasteiger partial charge in [0.05, 0.1) is 18.8 Å². The second kappa shape index (κ2) is 5.67. The molecule has 1 aliphatic carbocycles. The Bertz CT molecular complexity index is 507. The van der Waals surface area contributed by atoms with Crippen molar-refractivity contribution in [3.8, 4) is 0 Å². The minimum absolute atomic E-state index is 0.0580. The summed E-state index contributed by atoms with van der Waals surface area (Å²) in [5.74, 6) is 0.138. The van der Waals surface area contributed by atoms with Crippen molar-refractivity contribution in [1.82, 2.24) is 9.88 Å². The van der Waals surface area contributed by atoms with Gasteiger partial charge in [-0.3, -0.25) is 9.88 Å². The molecule has 2 aliphatic heterocycles. The monoisotopic (exact) mass is 288 g/mol. The lowest BCUT2D eigenvalue weighted by Crippen LogP contribution is -2.52. The molecule has 0 spiro atoms. The van der Waals surface area contributed by atoms with Gasteiger partial charge in [0.15, 0.2) is 0 Å². The smallest absolute Gasteiger partial charge is 0.0967 e. The molecule has 0 saturated carbocycles. The number of aromatic nitrogens is 1. The zero-order valence-corrected chi connectivity index (χ0v) is 12.4. The lowest BCUT2D eigenvalue weighted by molar-refractivity contribution is -0.110. The summed E-state index contributed by atoms with van der Waals surface area (Å²) >= 11 is 0. The van der Waals surface area contributed by atoms with E-state index in [4.69, 9.17) is 4.74 Å². The molecule has 0 amide bonds. The van der Waals surface area contributed by atoms with Gasteiger partial charge in [0.2, 0.25) is 0 Å². The average molecular weight is 288 g/mol. The van der Waals surface area contributed by atoms with Crippen molar-refractivity contribution in [1.29, 1.82) is 0 Å². The van der Waals surface area contributed by atoms with Crippen molar-refractivity contribution >= 4 is 0 Å². The lowest BCUT2D eigenvalue weighted by Gasteiger charge is -2.40. The standard InChI is InChI=1S/C17H24N2O2/c20-17(15-10-19-9-3-6-13(19)11-21-15)14-7-1-4-12-5-2-8-18-16(12)14/h2,5,8,13-15,17,20H,1,3-4,6-7,9-11H2. The van der Waals surface area contributed by atoms with Crippen LogP contribution in [0, 0.1) is 0 Å². The van der Waals surface area contributed by atoms with Crippen LogP contribution in [0.1, 0.15) is 42.9 Å². The van der Waals surface area contributed by atoms with Crippen LogP contribution >= 0.6 is 0 Å². The molecule has 2 fully saturated rings. The number of hydrogen-bond donors (Lipinski definition) is 1. The van der Waals surface area contributed by atoms with Crippen molar-refractivity contribution in [3.63, 3.8) is 0 Å². The largest absolute Gasteiger partial charge is 0.390 e. The predicted octanol–water partition coefficient (Wildman–Crippen LogP) is 1.73. The van der Waals surface area contributed by atoms with E-state index in [2.05, 4.69) is 16.0 Å². The van der Waals surface area contributed by atoms with Crippen molar-refractivity contribution in [2.24, 2.45) is 0 Å². The highest BCUT2D eigenvalue weighted by atomic mass is 16.5. The van der Waals surface area contributed by atoms with Crippen LogP contribution in [0.4, 0.5) is 0 Å². The Labute approximate surface area is 126 Å². The molecule has 2 saturated heterocycles. The highest BCUT2D eigenvalue weighted by Crippen LogP contribution is 2.35. The molecule has 1 aromatic rings. The number of fused-ring (bicyclic) bond motifs is 2. The van der Waals surface area contributed by atoms with E-state index in [1.807, 2.05) is 12.3 Å². The highest BCUT2D eigenvalue weighted by molar-refractivity contribution is 5.27. The van der Waals surface area contributed by atoms with Gasteiger partial charge in [-0.2, -0.15) is 0 Å². The number of pyridine rings is 1. The first kappa shape index (κ1) is 13.7. The van der Waals surface area contributed by atoms with E-state index < -0.39 is 6.10 Å². The maximum Gasteiger partial charge on any atom is 0.0967 e. The molecule has 21 heavy (non-hydrogen) atoms. The Hall–Kier alpha value is -0.970. The number of rotatable bonds is 2. The Morgan fingerprint density at radius 3 is 3.24 bits per heavy atom. The van der Waals surface area contributed by atoms with Crippen LogP contribution in [-0.2, 0) is 11.2 Å². The molecule has 3 heterocycles. The minimum atomic E-state index is -0.430. The van der Waals surface area contributed by atoms with Gasteiger partial charge in [0, 0.05) is 30.4 Å². The molecule has 114 valence electrons. The van der Waals surface area contributed by atoms with Crippen LogP contribution in [0.25, 0.3) is 0 Å². The summed E-state index contributed by atoms with van der Waals surface area (Å²) in [5, 5.41) is 10.9. The Kier molecular flexibility index (Phi) is 3.69. The fourth-order valence-electron chi connectivity index (χ4n) is 4.29. The Morgan fingerprint density at radius 2 is 2.29 bits per heavy atom. The van der Waals surface area contributed by atoms with E-state index in [0.717, 1.165) is 44.7 Å². The summed E-state index contributed by atoms with van der Waals surface area (Å²) in [6.07, 6.45) is 7.13. The number of ether oxygens (including phenoxy) is 1. The van der Waals surface area contributed by atoms with Gasteiger partial charge < -0.3 is 9.84 Å². The van der Waals surface area contributed by atoms with E-state index in [-0.39, 0.29) is 12.0 Å². The van der Waals surface area contributed by atoms with Crippen molar-refractivity contribution < 1.29 is 9.84 Å². The van der Waals surface area contributed by atoms with E-state index in [1.54, 1.807) is 0 Å². The molecular weight excluding hydrogens is 264 g/mol. The van der Waals surface area contributed by atoms with Gasteiger partial charge in [0.1, 0.15) is 0 Å². The number of aliphatic hydroxyl groups is 1. The fourth-order valence-corrected chi connectivity index (χ4v) is 4.29. The molecule has 4 heteroatoms. The molecule has 0 radical (unpaired) electrons. The first-order valence-corrected chi connectivity index (χ1v) is 8.30. The summed E-state index contributed by atoms with van der Waals surface area (Å²) in [7, 11) is 0. The molecule has 1 N–H and O–H groups in total. The fraction of sp³-hybridized carbons (Fsp3) is 0.706. The first-order valence-electron chi connectivity index (χ1n) is 8.30. The minimum Gasteiger partial charge on any atom is -0.390 e. The summed E-state index contributed by atoms with van der Waals surface area (Å²) in [6, 6.07) is 4.74. The van der Waals surface area contributed by atoms with Gasteiger partial charge in [-0.15, -0.1) is 0 Å². The molecule has 1 aromatic heterocycles. The molecule has 4 unspecified atom stereocenters. The molecular formula is C17H24N2O2. The number of aliphatic hydroxyl groups excluding tert-OH is 1. The number of nitrogens with zero attached hydrogens (tertiary/aromatic N) is 2. The topological polar surface area (TPSA) is 45.6 Å². The third-order valence-corrected chi connectivity index (χ3v) is 5.45. The summed E-state index contributed by atoms with van der Waals surface area (Å²) < 4.78 is 6.00. The normalized spacial score (nSPS) is 34.2. The number of morpholine rings is 1. The molecule has 3 aliphatic rings. The van der Waals surface area contributed by atoms with Gasteiger partial charge in [0.25, 0.3) is 0 Å². The van der Waals surface area contributed by atoms with Crippen LogP contribution in [-0.4, -0.2) is 52.9 Å². The van der Waals surface area contributed by atoms with E-state index in [9.17, 15) is 5.11 Å². The van der Waals surface area contributed by atoms with Crippen molar-refractivity contribution in [3.05, 3.63) is 29.6 Å². The van der Waals surface area contributed by atoms with E-state index in [1.165, 1.54) is 18.4 Å². The second-order valence-corrected chi connectivity index (χ2v) is 6.70. The van der Waals surface area contributed by atoms with Gasteiger partial charge in [-0.1, -0.05) is 6.07 Å². The SMILES string of the molecule is OC(C1CN2CCCC2CO1)C1CCCc2cccnc21. The molecule has 4 nitrogen and oxygen atoms in total. The quantitative estimate of drug-likeness (QED) is 0.900. The molecule has 0 aromatic carbocycles. The number of hydrogen-bond acceptors (Lipinski definition) is 4. The predicted molar refractivity (Wildman–Crippen MR) is 80.3 cm³/mol. The first-order chi connectivity index (χ1) is 10.3. The Morgan fingerprint density at radius 1 is 1.33 bits per heavy atom. The maximum absolute atomic E-state index is 10.9. The second-order valence-electron chi connectivity index (χ2n) is 6.70. The van der Waals surface area contributed by atoms with Crippen molar-refractivity contribution in [2.75, 3.05) is 19.7 Å². The van der Waals surface area contributed by atoms with Gasteiger partial charge in [-0.25, -0.2) is 0 Å². The van der Waals surface area contributed by atoms with Crippen LogP contribution in [0.15, 0.2) is 18.3 Å². The summed E-state index contributed by atoms with van der Waals surface area (Å²) in [5.41, 5.74) is 2.41. The zero-order chi connectivity index (χ0) is 14.2. The summed E-state index contributed by atoms with van der Waals surface area (Å²) in [6.45, 7) is 2.82. The summed E-state index contributed by atoms with van der Waals surface area (Å²) in [4.78, 5) is 7.05. The Balaban J connectivity index is 1.51. The van der Waals surface area contributed by atoms with E-state index in [0.29, 0.717) is 6.04 Å². The number of aryl methyl sites for hydroxylation is 1. The van der Waals surface area contributed by atoms with Crippen LogP contribution < -0.4 is 0 Å². The van der Waals surface area contributed by atoms with Crippen molar-refractivity contribution in [2.45, 2.75) is 56.3 Å². The molecule has 0 bridgehead atoms. The van der Waals surface area contributed by atoms with E-state index >= 15 is 0 Å². The third-order valence-electron chi connectivity index (χ3n) is 5.45. The lowest BCUT2D eigenvalue weighted by atomic mass is 9.81. The molecule has 4 rings (SSSR count). The zero-order valence-electron chi connectivity index (χ0n) is 12.4. The van der Waals surface area contributed by atoms with Gasteiger partial charge >= 0.3 is 0 Å².